The van der Waals surface area contributed by atoms with Crippen LogP contribution in [0.1, 0.15) is 38.9 Å². The van der Waals surface area contributed by atoms with Crippen LogP contribution < -0.4 is 0 Å². The average Bonchev–Trinajstić information content (AvgIpc) is 3.26. The fraction of sp³-hybridized carbons (Fsp3) is 0.619. The minimum atomic E-state index is -1.49. The van der Waals surface area contributed by atoms with E-state index in [1.54, 1.807) is 0 Å². The molecule has 152 valence electrons. The van der Waals surface area contributed by atoms with Gasteiger partial charge in [0.15, 0.2) is 5.54 Å². The zero-order valence-electron chi connectivity index (χ0n) is 16.6. The summed E-state index contributed by atoms with van der Waals surface area (Å²) in [6, 6.07) is 9.78. The number of hydrogen-bond acceptors (Lipinski definition) is 6. The highest BCUT2D eigenvalue weighted by molar-refractivity contribution is 5.95. The number of carbonyl (C=O) groups excluding carboxylic acids is 2. The highest BCUT2D eigenvalue weighted by atomic mass is 16.6. The van der Waals surface area contributed by atoms with Crippen molar-refractivity contribution in [1.29, 1.82) is 0 Å². The number of rotatable bonds is 4. The second kappa shape index (κ2) is 6.54. The number of aliphatic hydroxyl groups is 1. The Morgan fingerprint density at radius 2 is 2.00 bits per heavy atom. The Morgan fingerprint density at radius 1 is 1.32 bits per heavy atom. The highest BCUT2D eigenvalue weighted by Gasteiger charge is 2.70. The largest absolute Gasteiger partial charge is 0.467 e. The molecule has 6 atom stereocenters. The number of fused-ring (bicyclic) bond motifs is 1. The van der Waals surface area contributed by atoms with E-state index in [4.69, 9.17) is 14.2 Å². The quantitative estimate of drug-likeness (QED) is 0.622. The second-order valence-corrected chi connectivity index (χ2v) is 8.95. The molecule has 7 heteroatoms. The van der Waals surface area contributed by atoms with E-state index < -0.39 is 35.2 Å². The number of ether oxygens (including phenoxy) is 3. The molecule has 1 amide bonds. The summed E-state index contributed by atoms with van der Waals surface area (Å²) in [7, 11) is 1.26. The van der Waals surface area contributed by atoms with E-state index >= 15 is 0 Å². The molecule has 3 aliphatic heterocycles. The molecular weight excluding hydrogens is 362 g/mol. The summed E-state index contributed by atoms with van der Waals surface area (Å²) in [5.74, 6) is -1.65. The van der Waals surface area contributed by atoms with Crippen LogP contribution in [0, 0.1) is 11.3 Å². The Bertz CT molecular complexity index is 775. The van der Waals surface area contributed by atoms with Crippen LogP contribution in [0.5, 0.6) is 0 Å². The molecule has 0 aromatic heterocycles. The molecule has 0 spiro atoms. The number of hydrogen-bond donors (Lipinski definition) is 1. The van der Waals surface area contributed by atoms with Crippen LogP contribution in [-0.2, 0) is 23.8 Å². The third kappa shape index (κ3) is 2.76. The van der Waals surface area contributed by atoms with E-state index in [-0.39, 0.29) is 24.7 Å². The van der Waals surface area contributed by atoms with Crippen molar-refractivity contribution in [2.24, 2.45) is 11.3 Å². The van der Waals surface area contributed by atoms with Crippen molar-refractivity contribution in [3.05, 3.63) is 35.9 Å². The highest BCUT2D eigenvalue weighted by Crippen LogP contribution is 2.51. The van der Waals surface area contributed by atoms with Crippen LogP contribution in [0.25, 0.3) is 0 Å². The van der Waals surface area contributed by atoms with Gasteiger partial charge in [0.25, 0.3) is 0 Å². The first-order valence-electron chi connectivity index (χ1n) is 9.63. The minimum Gasteiger partial charge on any atom is -0.467 e. The van der Waals surface area contributed by atoms with E-state index in [1.807, 2.05) is 51.1 Å². The van der Waals surface area contributed by atoms with E-state index in [1.165, 1.54) is 12.0 Å². The normalized spacial score (nSPS) is 37.1. The summed E-state index contributed by atoms with van der Waals surface area (Å²) in [5, 5.41) is 11.1. The van der Waals surface area contributed by atoms with Gasteiger partial charge in [-0.05, 0) is 12.0 Å². The number of methoxy groups -OCH3 is 1. The van der Waals surface area contributed by atoms with Gasteiger partial charge in [0.2, 0.25) is 5.91 Å². The number of aliphatic hydroxyl groups excluding tert-OH is 1. The molecule has 3 heterocycles. The van der Waals surface area contributed by atoms with Gasteiger partial charge in [-0.2, -0.15) is 0 Å². The predicted octanol–water partition coefficient (Wildman–Crippen LogP) is 1.65. The summed E-state index contributed by atoms with van der Waals surface area (Å²) in [5.41, 5.74) is -0.861. The topological polar surface area (TPSA) is 88.6 Å². The molecule has 1 aromatic rings. The van der Waals surface area contributed by atoms with Gasteiger partial charge in [-0.15, -0.1) is 0 Å². The van der Waals surface area contributed by atoms with Crippen LogP contribution in [0.4, 0.5) is 0 Å². The first-order valence-corrected chi connectivity index (χ1v) is 9.63. The molecule has 1 aromatic carbocycles. The van der Waals surface area contributed by atoms with Crippen molar-refractivity contribution in [2.45, 2.75) is 57.3 Å². The van der Waals surface area contributed by atoms with Crippen molar-refractivity contribution in [2.75, 3.05) is 13.7 Å². The Hall–Kier alpha value is -1.96. The van der Waals surface area contributed by atoms with Crippen molar-refractivity contribution >= 4 is 11.9 Å². The smallest absolute Gasteiger partial charge is 0.337 e. The SMILES string of the molecule is COC(=O)[C@]12CO[C@H](C(C)(C)C)N1C(=O)[C@H](CC1OC1c1ccccc1)[C@@H]2O. The fourth-order valence-electron chi connectivity index (χ4n) is 4.58. The minimum absolute atomic E-state index is 0.0708. The van der Waals surface area contributed by atoms with Gasteiger partial charge in [0.05, 0.1) is 25.7 Å². The molecule has 4 rings (SSSR count). The lowest BCUT2D eigenvalue weighted by Gasteiger charge is -2.36. The van der Waals surface area contributed by atoms with Gasteiger partial charge < -0.3 is 19.3 Å². The van der Waals surface area contributed by atoms with Crippen LogP contribution in [0.15, 0.2) is 30.3 Å². The Morgan fingerprint density at radius 3 is 2.61 bits per heavy atom. The van der Waals surface area contributed by atoms with Crippen LogP contribution in [-0.4, -0.2) is 59.6 Å². The maximum absolute atomic E-state index is 13.3. The summed E-state index contributed by atoms with van der Waals surface area (Å²) in [6.45, 7) is 5.74. The average molecular weight is 389 g/mol. The number of nitrogens with zero attached hydrogens (tertiary/aromatic N) is 1. The van der Waals surface area contributed by atoms with Crippen molar-refractivity contribution in [3.63, 3.8) is 0 Å². The molecule has 3 aliphatic rings. The van der Waals surface area contributed by atoms with Crippen molar-refractivity contribution < 1.29 is 28.9 Å². The van der Waals surface area contributed by atoms with Gasteiger partial charge in [-0.3, -0.25) is 9.69 Å². The van der Waals surface area contributed by atoms with E-state index in [9.17, 15) is 14.7 Å². The molecule has 28 heavy (non-hydrogen) atoms. The predicted molar refractivity (Wildman–Crippen MR) is 99.0 cm³/mol. The molecule has 0 bridgehead atoms. The number of esters is 1. The Balaban J connectivity index is 1.59. The van der Waals surface area contributed by atoms with E-state index in [2.05, 4.69) is 0 Å². The summed E-state index contributed by atoms with van der Waals surface area (Å²) in [4.78, 5) is 27.4. The summed E-state index contributed by atoms with van der Waals surface area (Å²) in [6.07, 6.45) is -1.70. The molecule has 0 radical (unpaired) electrons. The van der Waals surface area contributed by atoms with Crippen LogP contribution in [0.2, 0.25) is 0 Å². The van der Waals surface area contributed by atoms with Crippen molar-refractivity contribution in [1.82, 2.24) is 4.90 Å². The Labute approximate surface area is 164 Å². The van der Waals surface area contributed by atoms with Gasteiger partial charge in [-0.1, -0.05) is 51.1 Å². The third-order valence-corrected chi connectivity index (χ3v) is 6.03. The Kier molecular flexibility index (Phi) is 4.52. The lowest BCUT2D eigenvalue weighted by Crippen LogP contribution is -2.59. The maximum atomic E-state index is 13.3. The summed E-state index contributed by atoms with van der Waals surface area (Å²) >= 11 is 0. The van der Waals surface area contributed by atoms with Gasteiger partial charge in [-0.25, -0.2) is 4.79 Å². The standard InChI is InChI=1S/C21H27NO6/c1-20(2,3)18-22-17(24)13(16(23)21(22,11-27-18)19(25)26-4)10-14-15(28-14)12-8-6-5-7-9-12/h5-9,13-16,18,23H,10-11H2,1-4H3/t13-,14?,15?,16+,18-,21-/m1/s1. The molecule has 3 saturated heterocycles. The lowest BCUT2D eigenvalue weighted by molar-refractivity contribution is -0.161. The van der Waals surface area contributed by atoms with Gasteiger partial charge in [0, 0.05) is 5.41 Å². The lowest BCUT2D eigenvalue weighted by atomic mass is 9.86. The zero-order valence-corrected chi connectivity index (χ0v) is 16.6. The molecule has 0 aliphatic carbocycles. The molecule has 3 fully saturated rings. The number of epoxide rings is 1. The van der Waals surface area contributed by atoms with Gasteiger partial charge >= 0.3 is 5.97 Å². The first kappa shape index (κ1) is 19.4. The molecular formula is C21H27NO6. The monoisotopic (exact) mass is 389 g/mol. The molecule has 0 saturated carbocycles. The summed E-state index contributed by atoms with van der Waals surface area (Å²) < 4.78 is 16.6. The third-order valence-electron chi connectivity index (χ3n) is 6.03. The van der Waals surface area contributed by atoms with Gasteiger partial charge in [0.1, 0.15) is 18.4 Å². The zero-order chi connectivity index (χ0) is 20.3. The molecule has 2 unspecified atom stereocenters. The molecule has 7 nitrogen and oxygen atoms in total. The fourth-order valence-corrected chi connectivity index (χ4v) is 4.58. The number of benzene rings is 1. The van der Waals surface area contributed by atoms with E-state index in [0.29, 0.717) is 6.42 Å². The first-order chi connectivity index (χ1) is 13.2. The second-order valence-electron chi connectivity index (χ2n) is 8.95. The number of carbonyl (C=O) groups is 2. The van der Waals surface area contributed by atoms with E-state index in [0.717, 1.165) is 5.56 Å². The van der Waals surface area contributed by atoms with Crippen molar-refractivity contribution in [3.8, 4) is 0 Å². The number of amides is 1. The molecule has 1 N–H and O–H groups in total. The van der Waals surface area contributed by atoms with Crippen LogP contribution in [0.3, 0.4) is 0 Å². The van der Waals surface area contributed by atoms with Crippen LogP contribution >= 0.6 is 0 Å². The maximum Gasteiger partial charge on any atom is 0.337 e.